The second kappa shape index (κ2) is 3.58. The quantitative estimate of drug-likeness (QED) is 0.780. The Morgan fingerprint density at radius 3 is 2.86 bits per heavy atom. The van der Waals surface area contributed by atoms with E-state index < -0.39 is 0 Å². The van der Waals surface area contributed by atoms with Crippen molar-refractivity contribution in [2.45, 2.75) is 13.3 Å². The van der Waals surface area contributed by atoms with Crippen LogP contribution in [0.3, 0.4) is 0 Å². The van der Waals surface area contributed by atoms with Gasteiger partial charge in [0.05, 0.1) is 5.02 Å². The average molecular weight is 215 g/mol. The minimum Gasteiger partial charge on any atom is -0.506 e. The predicted molar refractivity (Wildman–Crippen MR) is 53.5 cm³/mol. The fourth-order valence-corrected chi connectivity index (χ4v) is 1.75. The van der Waals surface area contributed by atoms with Crippen molar-refractivity contribution in [3.63, 3.8) is 0 Å². The summed E-state index contributed by atoms with van der Waals surface area (Å²) in [5.74, 6) is 1.34. The van der Waals surface area contributed by atoms with Gasteiger partial charge in [0.1, 0.15) is 19.0 Å². The highest BCUT2D eigenvalue weighted by Crippen LogP contribution is 2.43. The monoisotopic (exact) mass is 214 g/mol. The number of phenolic OH excluding ortho intramolecular Hbond substituents is 1. The van der Waals surface area contributed by atoms with Crippen molar-refractivity contribution in [3.8, 4) is 17.2 Å². The normalized spacial score (nSPS) is 14.1. The van der Waals surface area contributed by atoms with E-state index in [1.165, 1.54) is 0 Å². The molecule has 0 bridgehead atoms. The zero-order valence-corrected chi connectivity index (χ0v) is 8.60. The Balaban J connectivity index is 2.60. The standard InChI is InChI=1S/C10H11ClO3/c1-2-6-9(12)7(11)5-8-10(6)14-4-3-13-8/h5,12H,2-4H2,1H3. The van der Waals surface area contributed by atoms with Gasteiger partial charge in [0, 0.05) is 11.6 Å². The fraction of sp³-hybridized carbons (Fsp3) is 0.400. The van der Waals surface area contributed by atoms with Crippen LogP contribution in [0, 0.1) is 0 Å². The topological polar surface area (TPSA) is 38.7 Å². The number of hydrogen-bond acceptors (Lipinski definition) is 3. The van der Waals surface area contributed by atoms with E-state index in [4.69, 9.17) is 21.1 Å². The van der Waals surface area contributed by atoms with Crippen LogP contribution in [-0.2, 0) is 6.42 Å². The summed E-state index contributed by atoms with van der Waals surface area (Å²) in [6.45, 7) is 2.97. The molecule has 1 N–H and O–H groups in total. The first-order valence-electron chi connectivity index (χ1n) is 4.54. The predicted octanol–water partition coefficient (Wildman–Crippen LogP) is 2.38. The molecule has 3 nitrogen and oxygen atoms in total. The summed E-state index contributed by atoms with van der Waals surface area (Å²) in [6, 6.07) is 1.59. The van der Waals surface area contributed by atoms with Crippen molar-refractivity contribution in [3.05, 3.63) is 16.7 Å². The molecular weight excluding hydrogens is 204 g/mol. The lowest BCUT2D eigenvalue weighted by atomic mass is 10.1. The molecule has 0 radical (unpaired) electrons. The van der Waals surface area contributed by atoms with E-state index in [2.05, 4.69) is 0 Å². The first-order chi connectivity index (χ1) is 6.74. The molecule has 1 heterocycles. The number of fused-ring (bicyclic) bond motifs is 1. The van der Waals surface area contributed by atoms with Crippen LogP contribution < -0.4 is 9.47 Å². The second-order valence-corrected chi connectivity index (χ2v) is 3.47. The Morgan fingerprint density at radius 1 is 1.43 bits per heavy atom. The molecule has 1 aromatic rings. The van der Waals surface area contributed by atoms with Gasteiger partial charge in [-0.25, -0.2) is 0 Å². The molecule has 1 aliphatic rings. The molecule has 1 aromatic carbocycles. The van der Waals surface area contributed by atoms with Crippen LogP contribution in [0.4, 0.5) is 0 Å². The number of benzene rings is 1. The lowest BCUT2D eigenvalue weighted by Gasteiger charge is -2.21. The van der Waals surface area contributed by atoms with Crippen molar-refractivity contribution in [1.29, 1.82) is 0 Å². The highest BCUT2D eigenvalue weighted by Gasteiger charge is 2.20. The maximum atomic E-state index is 9.69. The van der Waals surface area contributed by atoms with Gasteiger partial charge >= 0.3 is 0 Å². The van der Waals surface area contributed by atoms with Gasteiger partial charge in [-0.3, -0.25) is 0 Å². The first-order valence-corrected chi connectivity index (χ1v) is 4.91. The summed E-state index contributed by atoms with van der Waals surface area (Å²) in [5, 5.41) is 10.00. The van der Waals surface area contributed by atoms with Gasteiger partial charge in [0.15, 0.2) is 11.5 Å². The van der Waals surface area contributed by atoms with E-state index in [-0.39, 0.29) is 5.75 Å². The summed E-state index contributed by atoms with van der Waals surface area (Å²) in [7, 11) is 0. The third kappa shape index (κ3) is 1.38. The molecule has 1 aliphatic heterocycles. The van der Waals surface area contributed by atoms with Crippen LogP contribution in [0.15, 0.2) is 6.07 Å². The van der Waals surface area contributed by atoms with E-state index in [1.54, 1.807) is 6.07 Å². The van der Waals surface area contributed by atoms with Crippen LogP contribution in [0.25, 0.3) is 0 Å². The molecule has 0 aromatic heterocycles. The Labute approximate surface area is 87.2 Å². The van der Waals surface area contributed by atoms with Gasteiger partial charge in [-0.1, -0.05) is 18.5 Å². The van der Waals surface area contributed by atoms with E-state index >= 15 is 0 Å². The van der Waals surface area contributed by atoms with Gasteiger partial charge < -0.3 is 14.6 Å². The Morgan fingerprint density at radius 2 is 2.14 bits per heavy atom. The largest absolute Gasteiger partial charge is 0.506 e. The van der Waals surface area contributed by atoms with Crippen LogP contribution in [0.5, 0.6) is 17.2 Å². The number of ether oxygens (including phenoxy) is 2. The second-order valence-electron chi connectivity index (χ2n) is 3.06. The summed E-state index contributed by atoms with van der Waals surface area (Å²) in [5.41, 5.74) is 0.715. The smallest absolute Gasteiger partial charge is 0.168 e. The molecular formula is C10H11ClO3. The fourth-order valence-electron chi connectivity index (χ4n) is 1.54. The number of halogens is 1. The Kier molecular flexibility index (Phi) is 2.42. The third-order valence-electron chi connectivity index (χ3n) is 2.21. The number of phenols is 1. The summed E-state index contributed by atoms with van der Waals surface area (Å²) >= 11 is 5.84. The van der Waals surface area contributed by atoms with Crippen LogP contribution >= 0.6 is 11.6 Å². The minimum absolute atomic E-state index is 0.0958. The highest BCUT2D eigenvalue weighted by atomic mass is 35.5. The van der Waals surface area contributed by atoms with Gasteiger partial charge in [-0.15, -0.1) is 0 Å². The molecule has 0 fully saturated rings. The Bertz CT molecular complexity index is 363. The van der Waals surface area contributed by atoms with Crippen LogP contribution in [-0.4, -0.2) is 18.3 Å². The maximum Gasteiger partial charge on any atom is 0.168 e. The SMILES string of the molecule is CCc1c(O)c(Cl)cc2c1OCCO2. The molecule has 4 heteroatoms. The van der Waals surface area contributed by atoms with Gasteiger partial charge in [-0.05, 0) is 6.42 Å². The summed E-state index contributed by atoms with van der Waals surface area (Å²) < 4.78 is 10.8. The zero-order valence-electron chi connectivity index (χ0n) is 7.84. The molecule has 0 unspecified atom stereocenters. The maximum absolute atomic E-state index is 9.69. The summed E-state index contributed by atoms with van der Waals surface area (Å²) in [6.07, 6.45) is 0.665. The first kappa shape index (κ1) is 9.46. The van der Waals surface area contributed by atoms with E-state index in [0.29, 0.717) is 41.7 Å². The number of rotatable bonds is 1. The van der Waals surface area contributed by atoms with Gasteiger partial charge in [0.2, 0.25) is 0 Å². The van der Waals surface area contributed by atoms with Crippen LogP contribution in [0.1, 0.15) is 12.5 Å². The molecule has 0 amide bonds. The molecule has 0 spiro atoms. The van der Waals surface area contributed by atoms with E-state index in [9.17, 15) is 5.11 Å². The highest BCUT2D eigenvalue weighted by molar-refractivity contribution is 6.32. The molecule has 0 saturated carbocycles. The molecule has 0 atom stereocenters. The number of hydrogen-bond donors (Lipinski definition) is 1. The van der Waals surface area contributed by atoms with Gasteiger partial charge in [0.25, 0.3) is 0 Å². The molecule has 76 valence electrons. The van der Waals surface area contributed by atoms with Crippen LogP contribution in [0.2, 0.25) is 5.02 Å². The van der Waals surface area contributed by atoms with E-state index in [1.807, 2.05) is 6.92 Å². The van der Waals surface area contributed by atoms with Crippen molar-refractivity contribution in [1.82, 2.24) is 0 Å². The van der Waals surface area contributed by atoms with E-state index in [0.717, 1.165) is 0 Å². The third-order valence-corrected chi connectivity index (χ3v) is 2.50. The molecule has 0 saturated heterocycles. The Hall–Kier alpha value is -1.09. The lowest BCUT2D eigenvalue weighted by molar-refractivity contribution is 0.169. The van der Waals surface area contributed by atoms with Crippen molar-refractivity contribution in [2.75, 3.05) is 13.2 Å². The van der Waals surface area contributed by atoms with Gasteiger partial charge in [-0.2, -0.15) is 0 Å². The average Bonchev–Trinajstić information content (AvgIpc) is 2.20. The van der Waals surface area contributed by atoms with Crippen molar-refractivity contribution >= 4 is 11.6 Å². The molecule has 2 rings (SSSR count). The lowest BCUT2D eigenvalue weighted by Crippen LogP contribution is -2.16. The van der Waals surface area contributed by atoms with Crippen molar-refractivity contribution in [2.24, 2.45) is 0 Å². The van der Waals surface area contributed by atoms with Crippen molar-refractivity contribution < 1.29 is 14.6 Å². The zero-order chi connectivity index (χ0) is 10.1. The molecule has 0 aliphatic carbocycles. The number of aromatic hydroxyl groups is 1. The molecule has 14 heavy (non-hydrogen) atoms. The minimum atomic E-state index is 0.0958. The summed E-state index contributed by atoms with van der Waals surface area (Å²) in [4.78, 5) is 0.